The van der Waals surface area contributed by atoms with Crippen LogP contribution in [0.1, 0.15) is 6.85 Å². The molecule has 58 valence electrons. The zero-order valence-electron chi connectivity index (χ0n) is 10.6. The van der Waals surface area contributed by atoms with Gasteiger partial charge in [0.1, 0.15) is 0 Å². The van der Waals surface area contributed by atoms with Gasteiger partial charge in [-0.25, -0.2) is 0 Å². The second kappa shape index (κ2) is 2.86. The molecule has 2 aliphatic rings. The molecule has 1 atom stereocenters. The third-order valence-electron chi connectivity index (χ3n) is 1.47. The van der Waals surface area contributed by atoms with Crippen LogP contribution in [0.5, 0.6) is 0 Å². The molecule has 0 saturated carbocycles. The molecule has 2 saturated heterocycles. The van der Waals surface area contributed by atoms with E-state index in [-0.39, 0.29) is 0 Å². The van der Waals surface area contributed by atoms with Crippen molar-refractivity contribution in [2.45, 2.75) is 6.08 Å². The Kier molecular flexibility index (Phi) is 0.884. The average Bonchev–Trinajstić information content (AvgIpc) is 2.69. The second-order valence-electron chi connectivity index (χ2n) is 2.24. The van der Waals surface area contributed by atoms with Gasteiger partial charge in [0.2, 0.25) is 0 Å². The van der Waals surface area contributed by atoms with E-state index in [4.69, 9.17) is 11.6 Å². The first-order chi connectivity index (χ1) is 6.81. The molecule has 0 aromatic carbocycles. The molecule has 1 unspecified atom stereocenters. The van der Waals surface area contributed by atoms with Crippen molar-refractivity contribution in [1.29, 1.82) is 0 Å². The summed E-state index contributed by atoms with van der Waals surface area (Å²) in [7, 11) is 0. The zero-order valence-corrected chi connectivity index (χ0v) is 5.59. The quantitative estimate of drug-likeness (QED) is 0.503. The van der Waals surface area contributed by atoms with Crippen LogP contribution in [-0.2, 0) is 9.47 Å². The van der Waals surface area contributed by atoms with Crippen LogP contribution >= 0.6 is 0 Å². The highest BCUT2D eigenvalue weighted by Gasteiger charge is 2.25. The van der Waals surface area contributed by atoms with Gasteiger partial charge in [-0.3, -0.25) is 4.90 Å². The van der Waals surface area contributed by atoms with E-state index in [0.29, 0.717) is 26.3 Å². The van der Waals surface area contributed by atoms with Crippen molar-refractivity contribution in [3.63, 3.8) is 0 Å². The Labute approximate surface area is 67.9 Å². The number of rotatable bonds is 2. The Morgan fingerprint density at radius 2 is 2.40 bits per heavy atom. The number of ether oxygens (including phenoxy) is 2. The standard InChI is InChI=1S/C7H13NO2/c1-3-9-4-2-8(1)5-7-6-10-7/h7H,1-6H2/i5D2,6D2,7D. The topological polar surface area (TPSA) is 25.0 Å². The molecule has 0 N–H and O–H groups in total. The maximum atomic E-state index is 7.77. The second-order valence-corrected chi connectivity index (χ2v) is 2.24. The zero-order chi connectivity index (χ0) is 11.3. The van der Waals surface area contributed by atoms with Crippen LogP contribution in [0.3, 0.4) is 0 Å². The molecule has 0 aliphatic carbocycles. The average molecular weight is 148 g/mol. The van der Waals surface area contributed by atoms with Crippen LogP contribution in [0.15, 0.2) is 0 Å². The van der Waals surface area contributed by atoms with Gasteiger partial charge in [0.05, 0.1) is 30.0 Å². The Morgan fingerprint density at radius 1 is 1.70 bits per heavy atom. The van der Waals surface area contributed by atoms with Gasteiger partial charge in [-0.05, 0) is 0 Å². The Balaban J connectivity index is 2.12. The summed E-state index contributed by atoms with van der Waals surface area (Å²) in [4.78, 5) is 1.40. The highest BCUT2D eigenvalue weighted by atomic mass is 16.6. The molecule has 3 heteroatoms. The summed E-state index contributed by atoms with van der Waals surface area (Å²) in [6.45, 7) is -2.81. The predicted molar refractivity (Wildman–Crippen MR) is 37.0 cm³/mol. The SMILES string of the molecule is [2H]C1([2H])OC1([2H])C([2H])([2H])N1CCOCC1. The van der Waals surface area contributed by atoms with E-state index in [2.05, 4.69) is 4.74 Å². The van der Waals surface area contributed by atoms with Crippen molar-refractivity contribution in [1.82, 2.24) is 4.90 Å². The van der Waals surface area contributed by atoms with Gasteiger partial charge < -0.3 is 9.47 Å². The van der Waals surface area contributed by atoms with Crippen LogP contribution in [-0.4, -0.2) is 50.3 Å². The van der Waals surface area contributed by atoms with E-state index in [1.54, 1.807) is 0 Å². The van der Waals surface area contributed by atoms with Crippen molar-refractivity contribution < 1.29 is 16.3 Å². The van der Waals surface area contributed by atoms with E-state index in [1.807, 2.05) is 0 Å². The van der Waals surface area contributed by atoms with Gasteiger partial charge in [-0.15, -0.1) is 0 Å². The lowest BCUT2D eigenvalue weighted by atomic mass is 10.3. The normalized spacial score (nSPS) is 55.4. The van der Waals surface area contributed by atoms with E-state index in [1.165, 1.54) is 4.90 Å². The van der Waals surface area contributed by atoms with E-state index < -0.39 is 19.1 Å². The molecule has 0 bridgehead atoms. The molecule has 0 amide bonds. The number of hydrogen-bond donors (Lipinski definition) is 0. The first-order valence-corrected chi connectivity index (χ1v) is 3.34. The fourth-order valence-electron chi connectivity index (χ4n) is 0.890. The molecular formula is C7H13NO2. The molecule has 2 rings (SSSR count). The van der Waals surface area contributed by atoms with Crippen molar-refractivity contribution in [3.05, 3.63) is 0 Å². The van der Waals surface area contributed by atoms with Gasteiger partial charge >= 0.3 is 0 Å². The summed E-state index contributed by atoms with van der Waals surface area (Å²) >= 11 is 0. The minimum Gasteiger partial charge on any atom is -0.379 e. The number of hydrogen-bond acceptors (Lipinski definition) is 3. The van der Waals surface area contributed by atoms with Crippen LogP contribution in [0.4, 0.5) is 0 Å². The predicted octanol–water partition coefficient (Wildman–Crippen LogP) is -0.283. The minimum absolute atomic E-state index is 0.354. The van der Waals surface area contributed by atoms with E-state index >= 15 is 0 Å². The Bertz CT molecular complexity index is 268. The minimum atomic E-state index is -2.20. The highest BCUT2D eigenvalue weighted by molar-refractivity contribution is 4.75. The van der Waals surface area contributed by atoms with Gasteiger partial charge in [0.15, 0.2) is 0 Å². The third kappa shape index (κ3) is 1.68. The van der Waals surface area contributed by atoms with Crippen molar-refractivity contribution in [2.24, 2.45) is 0 Å². The van der Waals surface area contributed by atoms with Crippen molar-refractivity contribution in [3.8, 4) is 0 Å². The molecule has 3 nitrogen and oxygen atoms in total. The first-order valence-electron chi connectivity index (χ1n) is 5.84. The van der Waals surface area contributed by atoms with Crippen LogP contribution < -0.4 is 0 Å². The van der Waals surface area contributed by atoms with Crippen LogP contribution in [0, 0.1) is 0 Å². The van der Waals surface area contributed by atoms with Gasteiger partial charge in [-0.1, -0.05) is 0 Å². The molecule has 2 heterocycles. The molecule has 0 spiro atoms. The summed E-state index contributed by atoms with van der Waals surface area (Å²) in [6, 6.07) is 0. The van der Waals surface area contributed by atoms with Gasteiger partial charge in [0.25, 0.3) is 0 Å². The van der Waals surface area contributed by atoms with Crippen LogP contribution in [0.2, 0.25) is 0 Å². The lowest BCUT2D eigenvalue weighted by Crippen LogP contribution is -2.38. The van der Waals surface area contributed by atoms with Crippen LogP contribution in [0.25, 0.3) is 0 Å². The summed E-state index contributed by atoms with van der Waals surface area (Å²) in [5, 5.41) is 0. The summed E-state index contributed by atoms with van der Waals surface area (Å²) in [6.07, 6.45) is -2.11. The van der Waals surface area contributed by atoms with Crippen molar-refractivity contribution in [2.75, 3.05) is 39.4 Å². The van der Waals surface area contributed by atoms with Gasteiger partial charge in [-0.2, -0.15) is 0 Å². The monoisotopic (exact) mass is 148 g/mol. The smallest absolute Gasteiger partial charge is 0.0936 e. The largest absolute Gasteiger partial charge is 0.379 e. The van der Waals surface area contributed by atoms with E-state index in [0.717, 1.165) is 0 Å². The third-order valence-corrected chi connectivity index (χ3v) is 1.47. The Morgan fingerprint density at radius 3 is 3.00 bits per heavy atom. The first kappa shape index (κ1) is 3.09. The molecule has 0 aromatic heterocycles. The summed E-state index contributed by atoms with van der Waals surface area (Å²) in [5.74, 6) is 0. The molecule has 10 heavy (non-hydrogen) atoms. The molecule has 2 fully saturated rings. The molecular weight excluding hydrogens is 130 g/mol. The maximum absolute atomic E-state index is 7.77. The van der Waals surface area contributed by atoms with E-state index in [9.17, 15) is 0 Å². The lowest BCUT2D eigenvalue weighted by molar-refractivity contribution is 0.0349. The summed E-state index contributed by atoms with van der Waals surface area (Å²) < 4.78 is 47.3. The number of epoxide rings is 1. The molecule has 0 radical (unpaired) electrons. The lowest BCUT2D eigenvalue weighted by Gasteiger charge is -2.25. The molecule has 2 aliphatic heterocycles. The molecule has 0 aromatic rings. The summed E-state index contributed by atoms with van der Waals surface area (Å²) in [5.41, 5.74) is 0. The number of morpholine rings is 1. The maximum Gasteiger partial charge on any atom is 0.0936 e. The van der Waals surface area contributed by atoms with Crippen molar-refractivity contribution >= 4 is 0 Å². The fraction of sp³-hybridized carbons (Fsp3) is 1.00. The fourth-order valence-corrected chi connectivity index (χ4v) is 0.890. The Hall–Kier alpha value is -0.120. The highest BCUT2D eigenvalue weighted by Crippen LogP contribution is 2.11. The van der Waals surface area contributed by atoms with Gasteiger partial charge in [0, 0.05) is 22.3 Å². The number of nitrogens with zero attached hydrogens (tertiary/aromatic N) is 1.